The van der Waals surface area contributed by atoms with E-state index in [1.807, 2.05) is 0 Å². The van der Waals surface area contributed by atoms with Crippen molar-refractivity contribution in [2.75, 3.05) is 6.61 Å². The fourth-order valence-electron chi connectivity index (χ4n) is 1.53. The number of hydrogen-bond donors (Lipinski definition) is 0. The van der Waals surface area contributed by atoms with Crippen molar-refractivity contribution in [1.82, 2.24) is 0 Å². The van der Waals surface area contributed by atoms with Gasteiger partial charge in [-0.2, -0.15) is 0 Å². The molecule has 0 N–H and O–H groups in total. The number of halogens is 3. The maximum atomic E-state index is 12.4. The second-order valence-corrected chi connectivity index (χ2v) is 4.35. The maximum absolute atomic E-state index is 12.4. The van der Waals surface area contributed by atoms with Gasteiger partial charge in [0.05, 0.1) is 6.61 Å². The third-order valence-corrected chi connectivity index (χ3v) is 2.75. The smallest absolute Gasteiger partial charge is 0.493 e. The summed E-state index contributed by atoms with van der Waals surface area (Å²) < 4.78 is 42.8. The van der Waals surface area contributed by atoms with E-state index in [-0.39, 0.29) is 0 Å². The maximum Gasteiger partial charge on any atom is 0.509 e. The summed E-state index contributed by atoms with van der Waals surface area (Å²) in [6.07, 6.45) is 2.34. The molecule has 0 radical (unpaired) electrons. The highest BCUT2D eigenvalue weighted by Crippen LogP contribution is 2.30. The van der Waals surface area contributed by atoms with Crippen molar-refractivity contribution in [2.24, 2.45) is 5.92 Å². The van der Waals surface area contributed by atoms with Crippen LogP contribution in [-0.4, -0.2) is 13.6 Å². The molecule has 0 aromatic heterocycles. The third kappa shape index (κ3) is 2.71. The van der Waals surface area contributed by atoms with Gasteiger partial charge < -0.3 is 17.7 Å². The molecule has 0 amide bonds. The highest BCUT2D eigenvalue weighted by Gasteiger charge is 2.26. The lowest BCUT2D eigenvalue weighted by molar-refractivity contribution is 0.298. The van der Waals surface area contributed by atoms with Gasteiger partial charge >= 0.3 is 6.98 Å². The van der Waals surface area contributed by atoms with E-state index in [1.54, 1.807) is 6.92 Å². The summed E-state index contributed by atoms with van der Waals surface area (Å²) in [7, 11) is 0. The molecule has 0 heterocycles. The molecular weight excluding hydrogens is 216 g/mol. The van der Waals surface area contributed by atoms with Crippen LogP contribution >= 0.6 is 0 Å². The molecule has 0 saturated heterocycles. The molecule has 5 heteroatoms. The second kappa shape index (κ2) is 4.03. The molecule has 1 aromatic rings. The van der Waals surface area contributed by atoms with Crippen LogP contribution in [0.5, 0.6) is 5.75 Å². The predicted octanol–water partition coefficient (Wildman–Crippen LogP) is 2.84. The van der Waals surface area contributed by atoms with Gasteiger partial charge in [-0.1, -0.05) is 12.1 Å². The van der Waals surface area contributed by atoms with Crippen LogP contribution in [0.15, 0.2) is 18.2 Å². The number of aryl methyl sites for hydroxylation is 1. The second-order valence-electron chi connectivity index (χ2n) is 4.35. The Morgan fingerprint density at radius 2 is 2.00 bits per heavy atom. The van der Waals surface area contributed by atoms with Crippen LogP contribution in [0.4, 0.5) is 12.9 Å². The van der Waals surface area contributed by atoms with Crippen LogP contribution < -0.4 is 10.2 Å². The van der Waals surface area contributed by atoms with E-state index in [4.69, 9.17) is 4.74 Å². The van der Waals surface area contributed by atoms with Crippen molar-refractivity contribution < 1.29 is 17.7 Å². The lowest BCUT2D eigenvalue weighted by Crippen LogP contribution is -2.34. The van der Waals surface area contributed by atoms with Crippen molar-refractivity contribution in [3.05, 3.63) is 23.8 Å². The first-order valence-electron chi connectivity index (χ1n) is 5.40. The zero-order chi connectivity index (χ0) is 11.8. The summed E-state index contributed by atoms with van der Waals surface area (Å²) in [6, 6.07) is 3.67. The minimum absolute atomic E-state index is 0.553. The Balaban J connectivity index is 2.09. The average Bonchev–Trinajstić information content (AvgIpc) is 2.98. The summed E-state index contributed by atoms with van der Waals surface area (Å²) in [5.41, 5.74) is -0.00591. The normalized spacial score (nSPS) is 16.2. The molecule has 1 fully saturated rings. The molecule has 1 saturated carbocycles. The molecular formula is C11H13BF3O-. The Labute approximate surface area is 92.7 Å². The van der Waals surface area contributed by atoms with Crippen molar-refractivity contribution in [2.45, 2.75) is 19.8 Å². The molecule has 88 valence electrons. The fraction of sp³-hybridized carbons (Fsp3) is 0.455. The molecule has 0 unspecified atom stereocenters. The van der Waals surface area contributed by atoms with Gasteiger partial charge in [0.2, 0.25) is 0 Å². The summed E-state index contributed by atoms with van der Waals surface area (Å²) in [4.78, 5) is 0. The van der Waals surface area contributed by atoms with Gasteiger partial charge in [0, 0.05) is 0 Å². The molecule has 1 aliphatic rings. The predicted molar refractivity (Wildman–Crippen MR) is 58.1 cm³/mol. The topological polar surface area (TPSA) is 9.23 Å². The summed E-state index contributed by atoms with van der Waals surface area (Å²) in [5, 5.41) is 0. The third-order valence-electron chi connectivity index (χ3n) is 2.75. The van der Waals surface area contributed by atoms with Crippen LogP contribution in [0, 0.1) is 12.8 Å². The molecule has 0 spiro atoms. The molecule has 1 aromatic carbocycles. The highest BCUT2D eigenvalue weighted by molar-refractivity contribution is 6.73. The van der Waals surface area contributed by atoms with Crippen LogP contribution in [0.25, 0.3) is 0 Å². The van der Waals surface area contributed by atoms with Gasteiger partial charge in [0.15, 0.2) is 0 Å². The van der Waals surface area contributed by atoms with E-state index in [1.165, 1.54) is 18.9 Å². The molecule has 2 rings (SSSR count). The van der Waals surface area contributed by atoms with Gasteiger partial charge in [-0.25, -0.2) is 0 Å². The van der Waals surface area contributed by atoms with Gasteiger partial charge in [-0.3, -0.25) is 0 Å². The van der Waals surface area contributed by atoms with E-state index in [0.29, 0.717) is 23.8 Å². The van der Waals surface area contributed by atoms with E-state index < -0.39 is 12.4 Å². The van der Waals surface area contributed by atoms with Crippen molar-refractivity contribution in [3.63, 3.8) is 0 Å². The molecule has 1 aliphatic carbocycles. The monoisotopic (exact) mass is 229 g/mol. The Morgan fingerprint density at radius 1 is 1.31 bits per heavy atom. The summed E-state index contributed by atoms with van der Waals surface area (Å²) in [6.45, 7) is -2.64. The Bertz CT molecular complexity index is 385. The zero-order valence-corrected chi connectivity index (χ0v) is 9.05. The van der Waals surface area contributed by atoms with E-state index in [0.717, 1.165) is 12.1 Å². The van der Waals surface area contributed by atoms with Crippen LogP contribution in [0.2, 0.25) is 0 Å². The van der Waals surface area contributed by atoms with Gasteiger partial charge in [0.1, 0.15) is 5.75 Å². The highest BCUT2D eigenvalue weighted by atomic mass is 19.4. The van der Waals surface area contributed by atoms with Gasteiger partial charge in [-0.15, -0.1) is 5.46 Å². The minimum atomic E-state index is -4.91. The first kappa shape index (κ1) is 11.4. The van der Waals surface area contributed by atoms with Crippen LogP contribution in [0.1, 0.15) is 18.4 Å². The molecule has 1 nitrogen and oxygen atoms in total. The Hall–Kier alpha value is -1.13. The summed E-state index contributed by atoms with van der Waals surface area (Å²) in [5.74, 6) is 1.17. The Morgan fingerprint density at radius 3 is 2.50 bits per heavy atom. The number of benzene rings is 1. The molecule has 0 aliphatic heterocycles. The molecule has 0 atom stereocenters. The quantitative estimate of drug-likeness (QED) is 0.721. The first-order valence-corrected chi connectivity index (χ1v) is 5.40. The Kier molecular flexibility index (Phi) is 2.87. The molecule has 0 bridgehead atoms. The van der Waals surface area contributed by atoms with E-state index in [2.05, 4.69) is 0 Å². The van der Waals surface area contributed by atoms with Crippen LogP contribution in [0.3, 0.4) is 0 Å². The zero-order valence-electron chi connectivity index (χ0n) is 9.05. The van der Waals surface area contributed by atoms with Gasteiger partial charge in [-0.05, 0) is 37.3 Å². The fourth-order valence-corrected chi connectivity index (χ4v) is 1.53. The van der Waals surface area contributed by atoms with Crippen molar-refractivity contribution >= 4 is 12.4 Å². The standard InChI is InChI=1S/C11H13BF3O/c1-8-6-10(12(13,14)15)4-5-11(8)16-7-9-2-3-9/h4-6,9H,2-3,7H2,1H3/q-1. The largest absolute Gasteiger partial charge is 0.509 e. The minimum Gasteiger partial charge on any atom is -0.493 e. The number of hydrogen-bond acceptors (Lipinski definition) is 1. The van der Waals surface area contributed by atoms with Gasteiger partial charge in [0.25, 0.3) is 0 Å². The molecule has 16 heavy (non-hydrogen) atoms. The number of rotatable bonds is 4. The van der Waals surface area contributed by atoms with Crippen molar-refractivity contribution in [3.8, 4) is 5.75 Å². The van der Waals surface area contributed by atoms with Crippen molar-refractivity contribution in [1.29, 1.82) is 0 Å². The SMILES string of the molecule is Cc1cc([B-](F)(F)F)ccc1OCC1CC1. The summed E-state index contributed by atoms with van der Waals surface area (Å²) >= 11 is 0. The van der Waals surface area contributed by atoms with Crippen LogP contribution in [-0.2, 0) is 0 Å². The average molecular weight is 229 g/mol. The lowest BCUT2D eigenvalue weighted by atomic mass is 9.79. The first-order chi connectivity index (χ1) is 7.47. The van der Waals surface area contributed by atoms with E-state index >= 15 is 0 Å². The lowest BCUT2D eigenvalue weighted by Gasteiger charge is -2.17. The number of ether oxygens (including phenoxy) is 1. The van der Waals surface area contributed by atoms with E-state index in [9.17, 15) is 12.9 Å².